The second kappa shape index (κ2) is 6.53. The Balaban J connectivity index is 2.43. The number of nitrogens with zero attached hydrogens (tertiary/aromatic N) is 2. The fourth-order valence-electron chi connectivity index (χ4n) is 0.981. The van der Waals surface area contributed by atoms with Crippen LogP contribution in [0.15, 0.2) is 35.4 Å². The summed E-state index contributed by atoms with van der Waals surface area (Å²) in [6, 6.07) is 11.6. The molecule has 0 spiro atoms. The maximum atomic E-state index is 8.43. The van der Waals surface area contributed by atoms with Gasteiger partial charge in [0.2, 0.25) is 0 Å². The van der Waals surface area contributed by atoms with E-state index in [9.17, 15) is 0 Å². The van der Waals surface area contributed by atoms with E-state index in [1.807, 2.05) is 36.4 Å². The predicted molar refractivity (Wildman–Crippen MR) is 69.1 cm³/mol. The minimum atomic E-state index is 0.293. The van der Waals surface area contributed by atoms with Gasteiger partial charge in [-0.3, -0.25) is 5.43 Å². The molecule has 1 rings (SSSR count). The standard InChI is InChI=1S/C11H12N4S/c1-9(7-8-12)14-15-11(16)13-10-5-3-2-4-6-10/h2-6H,7H2,1H3,(H2,13,15,16)/b14-9+. The van der Waals surface area contributed by atoms with Crippen LogP contribution in [0.1, 0.15) is 13.3 Å². The minimum Gasteiger partial charge on any atom is -0.331 e. The smallest absolute Gasteiger partial charge is 0.191 e. The van der Waals surface area contributed by atoms with Crippen LogP contribution in [0.5, 0.6) is 0 Å². The molecule has 2 N–H and O–H groups in total. The van der Waals surface area contributed by atoms with Crippen LogP contribution in [-0.2, 0) is 0 Å². The van der Waals surface area contributed by atoms with Crippen LogP contribution in [0.3, 0.4) is 0 Å². The van der Waals surface area contributed by atoms with E-state index >= 15 is 0 Å². The molecule has 1 aromatic carbocycles. The van der Waals surface area contributed by atoms with Crippen LogP contribution in [-0.4, -0.2) is 10.8 Å². The highest BCUT2D eigenvalue weighted by atomic mass is 32.1. The molecule has 0 amide bonds. The van der Waals surface area contributed by atoms with Gasteiger partial charge in [0.15, 0.2) is 5.11 Å². The summed E-state index contributed by atoms with van der Waals surface area (Å²) in [5.41, 5.74) is 4.26. The largest absolute Gasteiger partial charge is 0.331 e. The van der Waals surface area contributed by atoms with E-state index in [2.05, 4.69) is 15.8 Å². The van der Waals surface area contributed by atoms with E-state index in [1.54, 1.807) is 6.92 Å². The van der Waals surface area contributed by atoms with Crippen molar-refractivity contribution in [3.63, 3.8) is 0 Å². The lowest BCUT2D eigenvalue weighted by Gasteiger charge is -2.06. The lowest BCUT2D eigenvalue weighted by molar-refractivity contribution is 1.03. The van der Waals surface area contributed by atoms with Gasteiger partial charge in [-0.25, -0.2) is 0 Å². The van der Waals surface area contributed by atoms with E-state index in [0.717, 1.165) is 5.69 Å². The van der Waals surface area contributed by atoms with Crippen LogP contribution >= 0.6 is 12.2 Å². The molecule has 0 unspecified atom stereocenters. The summed E-state index contributed by atoms with van der Waals surface area (Å²) in [6.07, 6.45) is 0.293. The van der Waals surface area contributed by atoms with Crippen LogP contribution in [0.4, 0.5) is 5.69 Å². The summed E-state index contributed by atoms with van der Waals surface area (Å²) < 4.78 is 0. The SMILES string of the molecule is C/C(CC#N)=N\NC(=S)Nc1ccccc1. The second-order valence-electron chi connectivity index (χ2n) is 3.11. The molecule has 0 aromatic heterocycles. The minimum absolute atomic E-state index is 0.293. The molecule has 0 aliphatic heterocycles. The monoisotopic (exact) mass is 232 g/mol. The topological polar surface area (TPSA) is 60.2 Å². The zero-order valence-electron chi connectivity index (χ0n) is 8.90. The Morgan fingerprint density at radius 2 is 2.12 bits per heavy atom. The van der Waals surface area contributed by atoms with Gasteiger partial charge in [-0.2, -0.15) is 10.4 Å². The van der Waals surface area contributed by atoms with E-state index < -0.39 is 0 Å². The van der Waals surface area contributed by atoms with Crippen LogP contribution < -0.4 is 10.7 Å². The van der Waals surface area contributed by atoms with Crippen molar-refractivity contribution in [1.82, 2.24) is 5.43 Å². The summed E-state index contributed by atoms with van der Waals surface area (Å²) in [5.74, 6) is 0. The first-order valence-electron chi connectivity index (χ1n) is 4.74. The van der Waals surface area contributed by atoms with Crippen LogP contribution in [0, 0.1) is 11.3 Å². The summed E-state index contributed by atoms with van der Waals surface area (Å²) in [7, 11) is 0. The zero-order valence-corrected chi connectivity index (χ0v) is 9.71. The van der Waals surface area contributed by atoms with Crippen molar-refractivity contribution in [2.45, 2.75) is 13.3 Å². The Labute approximate surface area is 100.0 Å². The average Bonchev–Trinajstić information content (AvgIpc) is 2.28. The van der Waals surface area contributed by atoms with Crippen LogP contribution in [0.25, 0.3) is 0 Å². The van der Waals surface area contributed by atoms with E-state index in [-0.39, 0.29) is 0 Å². The number of hydrazone groups is 1. The third kappa shape index (κ3) is 4.53. The molecule has 5 heteroatoms. The maximum absolute atomic E-state index is 8.43. The summed E-state index contributed by atoms with van der Waals surface area (Å²) in [6.45, 7) is 1.77. The number of thiocarbonyl (C=S) groups is 1. The maximum Gasteiger partial charge on any atom is 0.191 e. The molecule has 0 aliphatic rings. The van der Waals surface area contributed by atoms with Gasteiger partial charge in [0.05, 0.1) is 12.5 Å². The molecule has 0 fully saturated rings. The summed E-state index contributed by atoms with van der Waals surface area (Å²) in [4.78, 5) is 0. The van der Waals surface area contributed by atoms with Gasteiger partial charge in [-0.1, -0.05) is 18.2 Å². The highest BCUT2D eigenvalue weighted by molar-refractivity contribution is 7.80. The highest BCUT2D eigenvalue weighted by Gasteiger charge is 1.95. The van der Waals surface area contributed by atoms with Gasteiger partial charge in [0, 0.05) is 11.4 Å². The number of hydrogen-bond acceptors (Lipinski definition) is 3. The molecule has 16 heavy (non-hydrogen) atoms. The molecule has 0 saturated carbocycles. The number of nitriles is 1. The quantitative estimate of drug-likeness (QED) is 0.477. The molecule has 0 heterocycles. The molecule has 0 radical (unpaired) electrons. The van der Waals surface area contributed by atoms with Gasteiger partial charge in [0.25, 0.3) is 0 Å². The van der Waals surface area contributed by atoms with E-state index in [0.29, 0.717) is 17.2 Å². The van der Waals surface area contributed by atoms with Crippen molar-refractivity contribution in [1.29, 1.82) is 5.26 Å². The Bertz CT molecular complexity index is 419. The number of nitrogens with one attached hydrogen (secondary N) is 2. The zero-order chi connectivity index (χ0) is 11.8. The second-order valence-corrected chi connectivity index (χ2v) is 3.52. The number of benzene rings is 1. The first-order valence-corrected chi connectivity index (χ1v) is 5.15. The van der Waals surface area contributed by atoms with Gasteiger partial charge in [-0.05, 0) is 31.3 Å². The molecular formula is C11H12N4S. The lowest BCUT2D eigenvalue weighted by Crippen LogP contribution is -2.24. The predicted octanol–water partition coefficient (Wildman–Crippen LogP) is 2.26. The van der Waals surface area contributed by atoms with Gasteiger partial charge in [0.1, 0.15) is 0 Å². The van der Waals surface area contributed by atoms with Crippen molar-refractivity contribution in [3.05, 3.63) is 30.3 Å². The highest BCUT2D eigenvalue weighted by Crippen LogP contribution is 2.04. The number of rotatable bonds is 3. The van der Waals surface area contributed by atoms with Crippen molar-refractivity contribution in [3.8, 4) is 6.07 Å². The fraction of sp³-hybridized carbons (Fsp3) is 0.182. The lowest BCUT2D eigenvalue weighted by atomic mass is 10.3. The summed E-state index contributed by atoms with van der Waals surface area (Å²) >= 11 is 5.03. The average molecular weight is 232 g/mol. The Hall–Kier alpha value is -1.93. The Kier molecular flexibility index (Phi) is 4.96. The normalized spacial score (nSPS) is 10.4. The third-order valence-corrected chi connectivity index (χ3v) is 1.91. The molecule has 0 aliphatic carbocycles. The number of hydrogen-bond donors (Lipinski definition) is 2. The molecule has 4 nitrogen and oxygen atoms in total. The third-order valence-electron chi connectivity index (χ3n) is 1.71. The number of anilines is 1. The van der Waals surface area contributed by atoms with E-state index in [1.165, 1.54) is 0 Å². The fourth-order valence-corrected chi connectivity index (χ4v) is 1.14. The first kappa shape index (κ1) is 12.1. The molecule has 1 aromatic rings. The summed E-state index contributed by atoms with van der Waals surface area (Å²) in [5, 5.41) is 15.8. The molecule has 0 atom stereocenters. The Morgan fingerprint density at radius 1 is 1.44 bits per heavy atom. The van der Waals surface area contributed by atoms with Crippen molar-refractivity contribution in [2.24, 2.45) is 5.10 Å². The Morgan fingerprint density at radius 3 is 2.75 bits per heavy atom. The van der Waals surface area contributed by atoms with Gasteiger partial charge >= 0.3 is 0 Å². The van der Waals surface area contributed by atoms with Gasteiger partial charge < -0.3 is 5.32 Å². The first-order chi connectivity index (χ1) is 7.72. The molecule has 0 bridgehead atoms. The van der Waals surface area contributed by atoms with E-state index in [4.69, 9.17) is 17.5 Å². The van der Waals surface area contributed by atoms with Crippen molar-refractivity contribution < 1.29 is 0 Å². The molecule has 0 saturated heterocycles. The van der Waals surface area contributed by atoms with Crippen molar-refractivity contribution in [2.75, 3.05) is 5.32 Å². The van der Waals surface area contributed by atoms with Gasteiger partial charge in [-0.15, -0.1) is 0 Å². The van der Waals surface area contributed by atoms with Crippen molar-refractivity contribution >= 4 is 28.7 Å². The number of para-hydroxylation sites is 1. The molecule has 82 valence electrons. The van der Waals surface area contributed by atoms with Crippen LogP contribution in [0.2, 0.25) is 0 Å². The molecular weight excluding hydrogens is 220 g/mol.